The Kier molecular flexibility index (Phi) is 7.66. The van der Waals surface area contributed by atoms with E-state index in [9.17, 15) is 28.2 Å². The fourth-order valence-electron chi connectivity index (χ4n) is 4.39. The summed E-state index contributed by atoms with van der Waals surface area (Å²) in [5.41, 5.74) is 1.99. The Bertz CT molecular complexity index is 1430. The van der Waals surface area contributed by atoms with E-state index in [1.807, 2.05) is 0 Å². The zero-order valence-electron chi connectivity index (χ0n) is 20.9. The second kappa shape index (κ2) is 10.8. The Balaban J connectivity index is 1.58. The van der Waals surface area contributed by atoms with E-state index in [1.165, 1.54) is 24.0 Å². The third-order valence-electron chi connectivity index (χ3n) is 6.26. The summed E-state index contributed by atoms with van der Waals surface area (Å²) >= 11 is 0. The number of nitrogens with zero attached hydrogens (tertiary/aromatic N) is 3. The maximum absolute atomic E-state index is 14.0. The van der Waals surface area contributed by atoms with E-state index in [0.717, 1.165) is 17.2 Å². The van der Waals surface area contributed by atoms with E-state index < -0.39 is 29.9 Å². The van der Waals surface area contributed by atoms with Gasteiger partial charge in [0.05, 0.1) is 11.7 Å². The van der Waals surface area contributed by atoms with Crippen LogP contribution in [0.4, 0.5) is 13.2 Å². The van der Waals surface area contributed by atoms with Crippen LogP contribution in [0.15, 0.2) is 71.3 Å². The van der Waals surface area contributed by atoms with Gasteiger partial charge in [0, 0.05) is 17.7 Å². The van der Waals surface area contributed by atoms with Crippen molar-refractivity contribution in [1.82, 2.24) is 15.0 Å². The number of likely N-dealkylation sites (N-methyl/N-ethyl adjacent to an activating group) is 1. The van der Waals surface area contributed by atoms with Crippen LogP contribution >= 0.6 is 0 Å². The van der Waals surface area contributed by atoms with Crippen molar-refractivity contribution in [3.63, 3.8) is 0 Å². The smallest absolute Gasteiger partial charge is 0.417 e. The van der Waals surface area contributed by atoms with Crippen molar-refractivity contribution in [2.45, 2.75) is 38.7 Å². The number of rotatable bonds is 8. The zero-order valence-corrected chi connectivity index (χ0v) is 20.9. The number of benzene rings is 3. The van der Waals surface area contributed by atoms with Gasteiger partial charge >= 0.3 is 12.1 Å². The second-order valence-corrected chi connectivity index (χ2v) is 9.13. The first kappa shape index (κ1) is 27.0. The summed E-state index contributed by atoms with van der Waals surface area (Å²) < 4.78 is 47.2. The van der Waals surface area contributed by atoms with Crippen LogP contribution in [0.5, 0.6) is 0 Å². The predicted octanol–water partition coefficient (Wildman–Crippen LogP) is 5.66. The molecule has 0 aliphatic rings. The minimum atomic E-state index is -4.59. The molecule has 7 nitrogen and oxygen atoms in total. The molecule has 10 heteroatoms. The van der Waals surface area contributed by atoms with Crippen molar-refractivity contribution in [2.24, 2.45) is 0 Å². The van der Waals surface area contributed by atoms with Crippen LogP contribution in [0.3, 0.4) is 0 Å². The van der Waals surface area contributed by atoms with E-state index in [0.29, 0.717) is 11.1 Å². The van der Waals surface area contributed by atoms with Crippen molar-refractivity contribution in [3.8, 4) is 34.0 Å². The van der Waals surface area contributed by atoms with Crippen molar-refractivity contribution < 1.29 is 32.7 Å². The number of hydrogen-bond acceptors (Lipinski definition) is 6. The molecule has 0 aliphatic heterocycles. The molecule has 0 saturated carbocycles. The molecule has 0 saturated heterocycles. The lowest BCUT2D eigenvalue weighted by Crippen LogP contribution is -2.45. The third kappa shape index (κ3) is 5.76. The van der Waals surface area contributed by atoms with Gasteiger partial charge in [-0.15, -0.1) is 0 Å². The Morgan fingerprint density at radius 3 is 2.29 bits per heavy atom. The number of carbonyl (C=O) groups is 1. The van der Waals surface area contributed by atoms with Gasteiger partial charge in [-0.25, -0.2) is 0 Å². The number of aromatic nitrogens is 2. The van der Waals surface area contributed by atoms with Crippen LogP contribution in [0.1, 0.15) is 23.6 Å². The van der Waals surface area contributed by atoms with E-state index in [-0.39, 0.29) is 29.4 Å². The molecule has 2 unspecified atom stereocenters. The summed E-state index contributed by atoms with van der Waals surface area (Å²) in [4.78, 5) is 17.2. The molecule has 0 radical (unpaired) electrons. The molecule has 1 heterocycles. The number of halogens is 3. The Morgan fingerprint density at radius 1 is 1.03 bits per heavy atom. The van der Waals surface area contributed by atoms with Gasteiger partial charge in [-0.2, -0.15) is 18.2 Å². The third-order valence-corrected chi connectivity index (χ3v) is 6.26. The summed E-state index contributed by atoms with van der Waals surface area (Å²) in [6, 6.07) is 16.7. The molecule has 2 N–H and O–H groups in total. The topological polar surface area (TPSA) is 99.7 Å². The average Bonchev–Trinajstić information content (AvgIpc) is 3.34. The summed E-state index contributed by atoms with van der Waals surface area (Å²) in [5.74, 6) is -0.977. The van der Waals surface area contributed by atoms with Gasteiger partial charge in [-0.05, 0) is 55.3 Å². The van der Waals surface area contributed by atoms with Crippen LogP contribution < -0.4 is 0 Å². The van der Waals surface area contributed by atoms with Gasteiger partial charge in [-0.3, -0.25) is 9.69 Å². The number of aliphatic hydroxyl groups excluding tert-OH is 1. The number of carboxylic acid groups (broad SMARTS) is 1. The van der Waals surface area contributed by atoms with Gasteiger partial charge < -0.3 is 14.7 Å². The number of carboxylic acids is 1. The first-order valence-corrected chi connectivity index (χ1v) is 11.8. The van der Waals surface area contributed by atoms with Crippen LogP contribution in [0.2, 0.25) is 0 Å². The van der Waals surface area contributed by atoms with Gasteiger partial charge in [-0.1, -0.05) is 59.8 Å². The highest BCUT2D eigenvalue weighted by atomic mass is 19.4. The first-order chi connectivity index (χ1) is 18.0. The Hall–Kier alpha value is -4.02. The lowest BCUT2D eigenvalue weighted by molar-refractivity contribution is -0.147. The lowest BCUT2D eigenvalue weighted by atomic mass is 9.94. The van der Waals surface area contributed by atoms with Gasteiger partial charge in [0.15, 0.2) is 0 Å². The van der Waals surface area contributed by atoms with Crippen LogP contribution in [-0.2, 0) is 17.5 Å². The van der Waals surface area contributed by atoms with Crippen LogP contribution in [0.25, 0.3) is 34.0 Å². The molecule has 0 aliphatic carbocycles. The highest BCUT2D eigenvalue weighted by Gasteiger charge is 2.35. The van der Waals surface area contributed by atoms with E-state index in [2.05, 4.69) is 10.1 Å². The maximum atomic E-state index is 14.0. The number of aryl methyl sites for hydroxylation is 1. The molecule has 1 aromatic heterocycles. The Labute approximate surface area is 217 Å². The second-order valence-electron chi connectivity index (χ2n) is 9.13. The number of aliphatic carboxylic acids is 1. The number of hydrogen-bond donors (Lipinski definition) is 2. The molecular weight excluding hydrogens is 499 g/mol. The average molecular weight is 526 g/mol. The molecular formula is C28H26F3N3O4. The summed E-state index contributed by atoms with van der Waals surface area (Å²) in [5, 5.41) is 23.0. The fraction of sp³-hybridized carbons (Fsp3) is 0.250. The zero-order chi connectivity index (χ0) is 27.6. The van der Waals surface area contributed by atoms with Crippen LogP contribution in [-0.4, -0.2) is 50.4 Å². The molecule has 3 aromatic carbocycles. The molecule has 0 bridgehead atoms. The summed E-state index contributed by atoms with van der Waals surface area (Å²) in [7, 11) is 1.60. The maximum Gasteiger partial charge on any atom is 0.417 e. The highest BCUT2D eigenvalue weighted by Crippen LogP contribution is 2.40. The van der Waals surface area contributed by atoms with Gasteiger partial charge in [0.25, 0.3) is 5.89 Å². The molecule has 198 valence electrons. The molecule has 2 atom stereocenters. The van der Waals surface area contributed by atoms with Crippen molar-refractivity contribution in [3.05, 3.63) is 83.4 Å². The van der Waals surface area contributed by atoms with E-state index >= 15 is 0 Å². The fourth-order valence-corrected chi connectivity index (χ4v) is 4.39. The van der Waals surface area contributed by atoms with Gasteiger partial charge in [0.2, 0.25) is 5.82 Å². The normalized spacial score (nSPS) is 13.5. The minimum Gasteiger partial charge on any atom is -0.480 e. The highest BCUT2D eigenvalue weighted by molar-refractivity contribution is 5.75. The summed E-state index contributed by atoms with van der Waals surface area (Å²) in [6.07, 6.45) is -5.65. The standard InChI is InChI=1S/C28H26F3N3O4/c1-16-6-4-5-7-21(16)22-13-12-20(14-23(22)28(29,30)31)26-32-25(33-38-26)19-10-8-18(9-11-19)15-34(3)24(17(2)35)27(36)37/h4-14,17,24,35H,15H2,1-3H3,(H,36,37). The van der Waals surface area contributed by atoms with Crippen LogP contribution in [0, 0.1) is 6.92 Å². The monoisotopic (exact) mass is 525 g/mol. The van der Waals surface area contributed by atoms with Crippen molar-refractivity contribution >= 4 is 5.97 Å². The summed E-state index contributed by atoms with van der Waals surface area (Å²) in [6.45, 7) is 3.45. The SMILES string of the molecule is Cc1ccccc1-c1ccc(-c2nc(-c3ccc(CN(C)C(C(=O)O)C(C)O)cc3)no2)cc1C(F)(F)F. The molecule has 0 fully saturated rings. The number of alkyl halides is 3. The molecule has 38 heavy (non-hydrogen) atoms. The van der Waals surface area contributed by atoms with Gasteiger partial charge in [0.1, 0.15) is 6.04 Å². The Morgan fingerprint density at radius 2 is 1.68 bits per heavy atom. The number of aliphatic hydroxyl groups is 1. The minimum absolute atomic E-state index is 0.0492. The molecule has 0 amide bonds. The molecule has 4 aromatic rings. The van der Waals surface area contributed by atoms with Crippen molar-refractivity contribution in [1.29, 1.82) is 0 Å². The largest absolute Gasteiger partial charge is 0.480 e. The predicted molar refractivity (Wildman–Crippen MR) is 135 cm³/mol. The molecule has 4 rings (SSSR count). The molecule has 0 spiro atoms. The first-order valence-electron chi connectivity index (χ1n) is 11.8. The van der Waals surface area contributed by atoms with E-state index in [4.69, 9.17) is 4.52 Å². The van der Waals surface area contributed by atoms with Crippen molar-refractivity contribution in [2.75, 3.05) is 7.05 Å². The quantitative estimate of drug-likeness (QED) is 0.306. The van der Waals surface area contributed by atoms with E-state index in [1.54, 1.807) is 62.5 Å². The lowest BCUT2D eigenvalue weighted by Gasteiger charge is -2.26.